The number of carbonyl (C=O) groups is 1. The molecule has 18 heteroatoms. The smallest absolute Gasteiger partial charge is 0.315 e. The van der Waals surface area contributed by atoms with Crippen LogP contribution in [0.2, 0.25) is 0 Å². The van der Waals surface area contributed by atoms with E-state index in [1.54, 1.807) is 0 Å². The molecule has 3 heterocycles. The van der Waals surface area contributed by atoms with E-state index in [0.717, 1.165) is 5.57 Å². The summed E-state index contributed by atoms with van der Waals surface area (Å²) in [5.74, 6) is -2.30. The maximum Gasteiger partial charge on any atom is 0.315 e. The van der Waals surface area contributed by atoms with Gasteiger partial charge >= 0.3 is 5.97 Å². The normalized spacial score (nSPS) is 57.5. The second kappa shape index (κ2) is 17.8. The quantitative estimate of drug-likeness (QED) is 0.0808. The van der Waals surface area contributed by atoms with Crippen molar-refractivity contribution in [1.82, 2.24) is 0 Å². The Labute approximate surface area is 387 Å². The predicted molar refractivity (Wildman–Crippen MR) is 226 cm³/mol. The van der Waals surface area contributed by atoms with E-state index in [0.29, 0.717) is 44.9 Å². The summed E-state index contributed by atoms with van der Waals surface area (Å²) < 4.78 is 81.3. The van der Waals surface area contributed by atoms with Crippen molar-refractivity contribution in [2.75, 3.05) is 26.4 Å². The molecule has 8 aliphatic rings. The van der Waals surface area contributed by atoms with Crippen LogP contribution in [0.1, 0.15) is 113 Å². The first-order chi connectivity index (χ1) is 32.2. The Morgan fingerprint density at radius 1 is 0.769 bits per heavy atom. The van der Waals surface area contributed by atoms with Gasteiger partial charge in [-0.2, -0.15) is 0 Å². The van der Waals surface area contributed by atoms with Crippen molar-refractivity contribution >= 4 is 5.97 Å². The minimum atomic E-state index is -3.22. The first-order valence-electron chi connectivity index (χ1n) is 25.8. The average Bonchev–Trinajstić information content (AvgIpc) is 3.27. The van der Waals surface area contributed by atoms with E-state index in [9.17, 15) is 60.3 Å². The van der Waals surface area contributed by atoms with Crippen molar-refractivity contribution in [2.24, 2.45) is 50.2 Å². The van der Waals surface area contributed by atoms with Crippen LogP contribution in [0, 0.1) is 50.2 Å². The van der Waals surface area contributed by atoms with Crippen LogP contribution in [-0.2, 0) is 33.2 Å². The highest BCUT2D eigenvalue weighted by Gasteiger charge is 2.70. The molecule has 8 rings (SSSR count). The molecular formula is C47H76O18. The molecule has 0 unspecified atom stereocenters. The lowest BCUT2D eigenvalue weighted by atomic mass is 9.33. The van der Waals surface area contributed by atoms with Crippen molar-refractivity contribution < 1.29 is 96.2 Å². The van der Waals surface area contributed by atoms with Gasteiger partial charge in [-0.05, 0) is 104 Å². The van der Waals surface area contributed by atoms with Gasteiger partial charge in [-0.25, -0.2) is 0 Å². The van der Waals surface area contributed by atoms with Crippen LogP contribution in [0.5, 0.6) is 0 Å². The summed E-state index contributed by atoms with van der Waals surface area (Å²) in [5, 5.41) is 117. The van der Waals surface area contributed by atoms with E-state index in [1.807, 2.05) is 6.92 Å². The number of carbonyl (C=O) groups excluding carboxylic acids is 1. The molecule has 0 amide bonds. The minimum Gasteiger partial charge on any atom is -0.432 e. The number of fused-ring (bicyclic) bond motifs is 7. The fourth-order valence-electron chi connectivity index (χ4n) is 13.8. The lowest BCUT2D eigenvalue weighted by Gasteiger charge is -2.71. The van der Waals surface area contributed by atoms with E-state index < -0.39 is 170 Å². The molecule has 23 atom stereocenters. The Kier molecular flexibility index (Phi) is 11.9. The number of allylic oxidation sites excluding steroid dienone is 2. The van der Waals surface area contributed by atoms with Crippen LogP contribution in [0.3, 0.4) is 0 Å². The third-order valence-corrected chi connectivity index (χ3v) is 18.2. The summed E-state index contributed by atoms with van der Waals surface area (Å²) in [4.78, 5) is 15.0. The summed E-state index contributed by atoms with van der Waals surface area (Å²) in [5.41, 5.74) is -4.96. The first kappa shape index (κ1) is 43.6. The third kappa shape index (κ3) is 7.89. The fourth-order valence-corrected chi connectivity index (χ4v) is 13.8. The molecule has 7 fully saturated rings. The molecule has 11 N–H and O–H groups in total. The molecule has 65 heavy (non-hydrogen) atoms. The Bertz CT molecular complexity index is 2000. The number of ether oxygens (including phenoxy) is 6. The largest absolute Gasteiger partial charge is 0.432 e. The van der Waals surface area contributed by atoms with Crippen LogP contribution < -0.4 is 0 Å². The van der Waals surface area contributed by atoms with Crippen LogP contribution in [0.4, 0.5) is 0 Å². The van der Waals surface area contributed by atoms with Gasteiger partial charge in [0.15, 0.2) is 12.6 Å². The van der Waals surface area contributed by atoms with E-state index in [-0.39, 0.29) is 24.2 Å². The first-order valence-corrected chi connectivity index (χ1v) is 23.3. The van der Waals surface area contributed by atoms with Crippen molar-refractivity contribution in [3.05, 3.63) is 11.6 Å². The van der Waals surface area contributed by atoms with Crippen molar-refractivity contribution in [3.8, 4) is 0 Å². The SMILES string of the molecule is [2H]C1([2H])C[C@]2(C)[C@H]3CC=C4[C@@H]5CC(C)(C)CC[C@]5(C(=O)O[C@@H]5O[C@H](CO[C@@H]6O[C@H](CO)[C@@H](O)[C@H](O)[C@H]6O)[C@@H](O)[C@H](O)[C@H]5O)CC[C@@]4(C)[C@]3(C)CC[C@H]2[C@](C)(C([2H])([2H])O)[C@@]1([2H])O[C@H]1OC[C@H](O)[C@H](O)[C@H]1O. The van der Waals surface area contributed by atoms with Gasteiger partial charge in [0.1, 0.15) is 67.1 Å². The zero-order valence-electron chi connectivity index (χ0n) is 43.2. The zero-order valence-corrected chi connectivity index (χ0v) is 38.2. The molecule has 372 valence electrons. The van der Waals surface area contributed by atoms with E-state index in [1.165, 1.54) is 6.92 Å². The monoisotopic (exact) mass is 934 g/mol. The standard InChI is InChI=1S/C47H76O18/c1-42(2)13-15-47(41(59)65-40-37(58)34(55)32(53)26(63-40)20-61-38-36(57)33(54)31(52)25(18-48)62-38)16-14-45(5)22(23(47)17-42)7-8-28-43(3)11-10-29(64-39-35(56)30(51)24(50)19-60-39)44(4,21-49)27(43)9-12-46(28,45)6/h7,23-40,48-58H,8-21H2,1-6H3/t23-,24-,25+,26+,27+,28+,29-,30-,31+,32+,33-,34-,35+,36+,37+,38+,39+,40-,43-,44-,45+,46+,47-/m0/s1/i10D2,21D2,29D. The Hall–Kier alpha value is -1.43. The van der Waals surface area contributed by atoms with Crippen LogP contribution in [-0.4, -0.2) is 181 Å². The van der Waals surface area contributed by atoms with Gasteiger partial charge in [0.2, 0.25) is 6.29 Å². The van der Waals surface area contributed by atoms with Crippen molar-refractivity contribution in [3.63, 3.8) is 0 Å². The van der Waals surface area contributed by atoms with Gasteiger partial charge in [0, 0.05) is 8.16 Å². The van der Waals surface area contributed by atoms with Crippen LogP contribution >= 0.6 is 0 Å². The Morgan fingerprint density at radius 2 is 1.40 bits per heavy atom. The molecule has 0 spiro atoms. The maximum atomic E-state index is 15.0. The summed E-state index contributed by atoms with van der Waals surface area (Å²) in [7, 11) is 0. The molecule has 3 aliphatic heterocycles. The zero-order chi connectivity index (χ0) is 51.9. The fraction of sp³-hybridized carbons (Fsp3) is 0.936. The second-order valence-electron chi connectivity index (χ2n) is 22.2. The topological polar surface area (TPSA) is 295 Å². The number of aliphatic hydroxyl groups excluding tert-OH is 10. The molecular weight excluding hydrogens is 852 g/mol. The number of hydrogen-bond donors (Lipinski definition) is 11. The highest BCUT2D eigenvalue weighted by molar-refractivity contribution is 5.79. The highest BCUT2D eigenvalue weighted by atomic mass is 16.7. The van der Waals surface area contributed by atoms with Gasteiger partial charge in [-0.3, -0.25) is 4.79 Å². The molecule has 0 aromatic heterocycles. The van der Waals surface area contributed by atoms with E-state index >= 15 is 4.79 Å². The number of hydrogen-bond acceptors (Lipinski definition) is 18. The summed E-state index contributed by atoms with van der Waals surface area (Å²) in [6.45, 7) is 6.73. The second-order valence-corrected chi connectivity index (χ2v) is 22.2. The molecule has 0 radical (unpaired) electrons. The third-order valence-electron chi connectivity index (χ3n) is 18.2. The molecule has 0 bridgehead atoms. The van der Waals surface area contributed by atoms with Crippen LogP contribution in [0.25, 0.3) is 0 Å². The minimum absolute atomic E-state index is 0.230. The van der Waals surface area contributed by atoms with Gasteiger partial charge in [-0.15, -0.1) is 0 Å². The van der Waals surface area contributed by atoms with Crippen molar-refractivity contribution in [2.45, 2.75) is 198 Å². The van der Waals surface area contributed by atoms with Crippen LogP contribution in [0.15, 0.2) is 11.6 Å². The summed E-state index contributed by atoms with van der Waals surface area (Å²) in [6, 6.07) is 0. The lowest BCUT2D eigenvalue weighted by Crippen LogP contribution is -2.67. The molecule has 0 aromatic rings. The molecule has 3 saturated heterocycles. The average molecular weight is 934 g/mol. The van der Waals surface area contributed by atoms with Gasteiger partial charge in [0.25, 0.3) is 0 Å². The molecule has 5 aliphatic carbocycles. The molecule has 4 saturated carbocycles. The number of rotatable bonds is 9. The van der Waals surface area contributed by atoms with Gasteiger partial charge in [0.05, 0.1) is 42.0 Å². The predicted octanol–water partition coefficient (Wildman–Crippen LogP) is -0.248. The molecule has 18 nitrogen and oxygen atoms in total. The van der Waals surface area contributed by atoms with Gasteiger partial charge in [-0.1, -0.05) is 53.2 Å². The number of aliphatic hydroxyl groups is 11. The Morgan fingerprint density at radius 3 is 2.08 bits per heavy atom. The number of esters is 1. The van der Waals surface area contributed by atoms with E-state index in [4.69, 9.17) is 31.2 Å². The van der Waals surface area contributed by atoms with Crippen molar-refractivity contribution in [1.29, 1.82) is 0 Å². The highest BCUT2D eigenvalue weighted by Crippen LogP contribution is 2.76. The Balaban J connectivity index is 1.08. The van der Waals surface area contributed by atoms with E-state index in [2.05, 4.69) is 33.8 Å². The van der Waals surface area contributed by atoms with Gasteiger partial charge < -0.3 is 84.6 Å². The lowest BCUT2D eigenvalue weighted by molar-refractivity contribution is -0.328. The summed E-state index contributed by atoms with van der Waals surface area (Å²) in [6.07, 6.45) is -24.2. The maximum absolute atomic E-state index is 15.0. The molecule has 0 aromatic carbocycles. The summed E-state index contributed by atoms with van der Waals surface area (Å²) >= 11 is 0.